The van der Waals surface area contributed by atoms with Gasteiger partial charge in [0.25, 0.3) is 17.4 Å². The van der Waals surface area contributed by atoms with E-state index in [1.54, 1.807) is 30.5 Å². The number of halogens is 1. The molecule has 2 saturated heterocycles. The van der Waals surface area contributed by atoms with Crippen LogP contribution in [0.25, 0.3) is 11.0 Å². The highest BCUT2D eigenvalue weighted by Crippen LogP contribution is 2.29. The number of aromatic nitrogens is 3. The van der Waals surface area contributed by atoms with Crippen molar-refractivity contribution in [2.45, 2.75) is 37.9 Å². The zero-order valence-electron chi connectivity index (χ0n) is 22.6. The number of aryl methyl sites for hydroxylation is 1. The van der Waals surface area contributed by atoms with Crippen molar-refractivity contribution in [3.05, 3.63) is 86.8 Å². The highest BCUT2D eigenvalue weighted by atomic mass is 35.5. The maximum Gasteiger partial charge on any atom is 0.262 e. The van der Waals surface area contributed by atoms with Crippen LogP contribution >= 0.6 is 11.6 Å². The maximum atomic E-state index is 13.1. The number of carbonyl (C=O) groups is 2. The Bertz CT molecular complexity index is 1710. The molecule has 2 aliphatic heterocycles. The number of morpholine rings is 1. The molecule has 2 bridgehead atoms. The summed E-state index contributed by atoms with van der Waals surface area (Å²) in [6.45, 7) is 1.81. The number of amides is 2. The molecule has 2 aromatic heterocycles. The Morgan fingerprint density at radius 3 is 2.69 bits per heavy atom. The number of anilines is 2. The zero-order valence-corrected chi connectivity index (χ0v) is 23.4. The van der Waals surface area contributed by atoms with E-state index in [0.29, 0.717) is 55.0 Å². The Morgan fingerprint density at radius 2 is 1.90 bits per heavy atom. The number of rotatable bonds is 8. The number of aromatic amines is 1. The Hall–Kier alpha value is -4.48. The van der Waals surface area contributed by atoms with Crippen LogP contribution in [0.5, 0.6) is 5.75 Å². The number of phenols is 1. The van der Waals surface area contributed by atoms with Crippen LogP contribution in [-0.2, 0) is 11.2 Å². The summed E-state index contributed by atoms with van der Waals surface area (Å²) in [7, 11) is 0. The number of aromatic hydroxyl groups is 1. The van der Waals surface area contributed by atoms with E-state index in [9.17, 15) is 19.5 Å². The third kappa shape index (κ3) is 6.07. The summed E-state index contributed by atoms with van der Waals surface area (Å²) in [4.78, 5) is 52.5. The van der Waals surface area contributed by atoms with Gasteiger partial charge in [-0.05, 0) is 67.6 Å². The molecule has 4 aromatic rings. The molecule has 2 amide bonds. The summed E-state index contributed by atoms with van der Waals surface area (Å²) in [6.07, 6.45) is 5.32. The third-order valence-electron chi connectivity index (χ3n) is 7.47. The van der Waals surface area contributed by atoms with Gasteiger partial charge in [0.15, 0.2) is 0 Å². The highest BCUT2D eigenvalue weighted by Gasteiger charge is 2.34. The molecule has 4 heterocycles. The van der Waals surface area contributed by atoms with Crippen molar-refractivity contribution >= 4 is 46.1 Å². The van der Waals surface area contributed by atoms with E-state index in [-0.39, 0.29) is 40.1 Å². The van der Waals surface area contributed by atoms with E-state index < -0.39 is 11.5 Å². The molecule has 2 aliphatic rings. The van der Waals surface area contributed by atoms with Crippen molar-refractivity contribution in [2.24, 2.45) is 0 Å². The van der Waals surface area contributed by atoms with E-state index in [1.807, 2.05) is 6.07 Å². The topological polar surface area (TPSA) is 150 Å². The van der Waals surface area contributed by atoms with E-state index >= 15 is 0 Å². The molecule has 0 radical (unpaired) electrons. The van der Waals surface area contributed by atoms with Gasteiger partial charge in [0.2, 0.25) is 5.95 Å². The SMILES string of the molecule is O=C(NCCCc1cccc(O)c1)c1ccc(Cl)c(NC(=O)c2cc3cnc(N4C[C@H]5CC[C@@H](C4)O5)nc3[nH]c2=O)c1. The minimum absolute atomic E-state index is 0.138. The van der Waals surface area contributed by atoms with Crippen LogP contribution in [0, 0.1) is 0 Å². The maximum absolute atomic E-state index is 13.1. The summed E-state index contributed by atoms with van der Waals surface area (Å²) in [5, 5.41) is 15.8. The van der Waals surface area contributed by atoms with E-state index in [4.69, 9.17) is 16.3 Å². The van der Waals surface area contributed by atoms with Crippen LogP contribution in [0.1, 0.15) is 45.5 Å². The van der Waals surface area contributed by atoms with Crippen molar-refractivity contribution in [2.75, 3.05) is 29.9 Å². The average molecular weight is 589 g/mol. The van der Waals surface area contributed by atoms with Gasteiger partial charge in [-0.1, -0.05) is 23.7 Å². The standard InChI is InChI=1S/C30H29ClN6O5/c31-24-9-6-18(27(39)32-10-2-4-17-3-1-5-20(38)11-17)13-25(24)34-28(40)23-12-19-14-33-30(36-26(19)35-29(23)41)37-15-21-7-8-22(16-37)42-21/h1,3,5-6,9,11-14,21-22,38H,2,4,7-8,10,15-16H2,(H,32,39)(H,34,40)(H,33,35,36,41)/t21-,22+. The van der Waals surface area contributed by atoms with Crippen LogP contribution in [-0.4, -0.2) is 63.7 Å². The molecular formula is C30H29ClN6O5. The molecule has 2 atom stereocenters. The first-order chi connectivity index (χ1) is 20.3. The van der Waals surface area contributed by atoms with Crippen LogP contribution < -0.4 is 21.1 Å². The van der Waals surface area contributed by atoms with Crippen LogP contribution in [0.15, 0.2) is 59.5 Å². The first-order valence-electron chi connectivity index (χ1n) is 13.8. The lowest BCUT2D eigenvalue weighted by Crippen LogP contribution is -2.43. The fraction of sp³-hybridized carbons (Fsp3) is 0.300. The smallest absolute Gasteiger partial charge is 0.262 e. The average Bonchev–Trinajstić information content (AvgIpc) is 3.32. The lowest BCUT2D eigenvalue weighted by atomic mass is 10.1. The molecule has 2 fully saturated rings. The number of hydrogen-bond acceptors (Lipinski definition) is 8. The second kappa shape index (κ2) is 11.8. The van der Waals surface area contributed by atoms with Crippen LogP contribution in [0.3, 0.4) is 0 Å². The van der Waals surface area contributed by atoms with Gasteiger partial charge in [0.1, 0.15) is 17.0 Å². The summed E-state index contributed by atoms with van der Waals surface area (Å²) >= 11 is 6.30. The van der Waals surface area contributed by atoms with Gasteiger partial charge in [0.05, 0.1) is 22.9 Å². The predicted octanol–water partition coefficient (Wildman–Crippen LogP) is 3.66. The number of nitrogens with zero attached hydrogens (tertiary/aromatic N) is 3. The number of carbonyl (C=O) groups excluding carboxylic acids is 2. The molecular weight excluding hydrogens is 560 g/mol. The fourth-order valence-corrected chi connectivity index (χ4v) is 5.51. The summed E-state index contributed by atoms with van der Waals surface area (Å²) < 4.78 is 5.88. The second-order valence-electron chi connectivity index (χ2n) is 10.5. The van der Waals surface area contributed by atoms with E-state index in [0.717, 1.165) is 18.4 Å². The Morgan fingerprint density at radius 1 is 1.10 bits per heavy atom. The molecule has 6 rings (SSSR count). The molecule has 0 aliphatic carbocycles. The lowest BCUT2D eigenvalue weighted by Gasteiger charge is -2.32. The van der Waals surface area contributed by atoms with Crippen molar-refractivity contribution < 1.29 is 19.4 Å². The zero-order chi connectivity index (χ0) is 29.2. The Balaban J connectivity index is 1.11. The number of ether oxygens (including phenoxy) is 1. The summed E-state index contributed by atoms with van der Waals surface area (Å²) in [6, 6.07) is 13.0. The number of benzene rings is 2. The number of pyridine rings is 1. The molecule has 0 unspecified atom stereocenters. The largest absolute Gasteiger partial charge is 0.508 e. The van der Waals surface area contributed by atoms with Crippen molar-refractivity contribution in [1.82, 2.24) is 20.3 Å². The lowest BCUT2D eigenvalue weighted by molar-refractivity contribution is 0.0299. The van der Waals surface area contributed by atoms with E-state index in [2.05, 4.69) is 30.5 Å². The van der Waals surface area contributed by atoms with Crippen LogP contribution in [0.4, 0.5) is 11.6 Å². The number of phenolic OH excluding ortho intramolecular Hbond substituents is 1. The number of hydrogen-bond donors (Lipinski definition) is 4. The number of H-pyrrole nitrogens is 1. The van der Waals surface area contributed by atoms with Gasteiger partial charge in [-0.2, -0.15) is 4.98 Å². The van der Waals surface area contributed by atoms with Gasteiger partial charge in [0, 0.05) is 36.8 Å². The Labute approximate surface area is 245 Å². The first kappa shape index (κ1) is 27.7. The Kier molecular flexibility index (Phi) is 7.77. The molecule has 4 N–H and O–H groups in total. The van der Waals surface area contributed by atoms with Crippen molar-refractivity contribution in [3.8, 4) is 5.75 Å². The number of fused-ring (bicyclic) bond motifs is 3. The van der Waals surface area contributed by atoms with Gasteiger partial charge in [-0.3, -0.25) is 14.4 Å². The molecule has 0 spiro atoms. The highest BCUT2D eigenvalue weighted by molar-refractivity contribution is 6.34. The first-order valence-corrected chi connectivity index (χ1v) is 14.2. The fourth-order valence-electron chi connectivity index (χ4n) is 5.34. The third-order valence-corrected chi connectivity index (χ3v) is 7.80. The normalized spacial score (nSPS) is 17.8. The minimum Gasteiger partial charge on any atom is -0.508 e. The van der Waals surface area contributed by atoms with Gasteiger partial charge >= 0.3 is 0 Å². The monoisotopic (exact) mass is 588 g/mol. The van der Waals surface area contributed by atoms with Crippen molar-refractivity contribution in [3.63, 3.8) is 0 Å². The van der Waals surface area contributed by atoms with Crippen LogP contribution in [0.2, 0.25) is 5.02 Å². The molecule has 12 heteroatoms. The second-order valence-corrected chi connectivity index (χ2v) is 10.9. The van der Waals surface area contributed by atoms with E-state index in [1.165, 1.54) is 18.2 Å². The molecule has 42 heavy (non-hydrogen) atoms. The quantitative estimate of drug-likeness (QED) is 0.228. The van der Waals surface area contributed by atoms with Gasteiger partial charge in [-0.15, -0.1) is 0 Å². The molecule has 0 saturated carbocycles. The van der Waals surface area contributed by atoms with Gasteiger partial charge < -0.3 is 30.4 Å². The van der Waals surface area contributed by atoms with Gasteiger partial charge in [-0.25, -0.2) is 4.98 Å². The van der Waals surface area contributed by atoms with Crippen molar-refractivity contribution in [1.29, 1.82) is 0 Å². The molecule has 216 valence electrons. The molecule has 2 aromatic carbocycles. The summed E-state index contributed by atoms with van der Waals surface area (Å²) in [5.74, 6) is -0.298. The summed E-state index contributed by atoms with van der Waals surface area (Å²) in [5.41, 5.74) is 1.06. The predicted molar refractivity (Wildman–Crippen MR) is 158 cm³/mol. The number of nitrogens with one attached hydrogen (secondary N) is 3. The molecule has 11 nitrogen and oxygen atoms in total. The minimum atomic E-state index is -0.683.